The molecule has 1 fully saturated rings. The van der Waals surface area contributed by atoms with Crippen molar-refractivity contribution in [1.82, 2.24) is 0 Å². The first-order valence-electron chi connectivity index (χ1n) is 9.75. The summed E-state index contributed by atoms with van der Waals surface area (Å²) in [5.74, 6) is 0. The summed E-state index contributed by atoms with van der Waals surface area (Å²) in [6.45, 7) is 9.28. The smallest absolute Gasteiger partial charge is 0.332 e. The van der Waals surface area contributed by atoms with Gasteiger partial charge in [-0.05, 0) is 66.6 Å². The lowest BCUT2D eigenvalue weighted by Gasteiger charge is -2.37. The molecule has 2 amide bonds. The van der Waals surface area contributed by atoms with Crippen molar-refractivity contribution in [3.8, 4) is 0 Å². The average Bonchev–Trinajstić information content (AvgIpc) is 3.02. The molecule has 2 atom stereocenters. The number of anilines is 2. The van der Waals surface area contributed by atoms with E-state index in [9.17, 15) is 9.90 Å². The number of amides is 2. The second kappa shape index (κ2) is 8.24. The number of carbonyl (C=O) groups is 1. The average molecular weight is 452 g/mol. The fourth-order valence-corrected chi connectivity index (χ4v) is 4.35. The topological polar surface area (TPSA) is 48.1 Å². The van der Waals surface area contributed by atoms with Gasteiger partial charge in [0.2, 0.25) is 0 Å². The van der Waals surface area contributed by atoms with Crippen LogP contribution in [0.2, 0.25) is 10.0 Å². The first-order valence-corrected chi connectivity index (χ1v) is 10.5. The van der Waals surface area contributed by atoms with Crippen LogP contribution in [0.15, 0.2) is 72.8 Å². The van der Waals surface area contributed by atoms with Gasteiger partial charge in [-0.2, -0.15) is 0 Å². The standard InChI is InChI=1S/C24H19Cl2N3O2/c1-3-22-24(31,16-5-4-6-19(15-16)27-2)29(21-13-9-18(26)10-14-21)23(30)28(22)20-11-7-17(25)8-12-20/h4-15,22,31H,3H2,1H3/t22-,24?/m1/s1. The van der Waals surface area contributed by atoms with E-state index >= 15 is 0 Å². The number of aliphatic hydroxyl groups is 1. The Labute approximate surface area is 190 Å². The molecule has 0 radical (unpaired) electrons. The van der Waals surface area contributed by atoms with E-state index in [1.165, 1.54) is 4.90 Å². The number of nitrogens with zero attached hydrogens (tertiary/aromatic N) is 3. The van der Waals surface area contributed by atoms with Crippen molar-refractivity contribution < 1.29 is 9.90 Å². The quantitative estimate of drug-likeness (QED) is 0.453. The van der Waals surface area contributed by atoms with Gasteiger partial charge in [0.1, 0.15) is 0 Å². The zero-order valence-electron chi connectivity index (χ0n) is 16.7. The molecule has 1 heterocycles. The summed E-state index contributed by atoms with van der Waals surface area (Å²) in [4.78, 5) is 20.2. The lowest BCUT2D eigenvalue weighted by molar-refractivity contribution is 0.0307. The maximum absolute atomic E-state index is 13.8. The van der Waals surface area contributed by atoms with Gasteiger partial charge in [-0.1, -0.05) is 48.3 Å². The van der Waals surface area contributed by atoms with Crippen molar-refractivity contribution in [1.29, 1.82) is 0 Å². The number of benzene rings is 3. The number of rotatable bonds is 4. The van der Waals surface area contributed by atoms with Crippen LogP contribution in [0, 0.1) is 6.57 Å². The van der Waals surface area contributed by atoms with Gasteiger partial charge in [0.05, 0.1) is 12.6 Å². The predicted octanol–water partition coefficient (Wildman–Crippen LogP) is 6.61. The van der Waals surface area contributed by atoms with Crippen molar-refractivity contribution in [3.05, 3.63) is 99.8 Å². The molecule has 7 heteroatoms. The fraction of sp³-hybridized carbons (Fsp3) is 0.167. The highest BCUT2D eigenvalue weighted by Gasteiger charge is 2.57. The van der Waals surface area contributed by atoms with Gasteiger partial charge in [-0.15, -0.1) is 0 Å². The van der Waals surface area contributed by atoms with E-state index in [2.05, 4.69) is 4.85 Å². The first-order chi connectivity index (χ1) is 14.9. The molecule has 0 spiro atoms. The molecule has 31 heavy (non-hydrogen) atoms. The number of carbonyl (C=O) groups excluding carboxylic acids is 1. The Balaban J connectivity index is 1.95. The Morgan fingerprint density at radius 2 is 1.58 bits per heavy atom. The van der Waals surface area contributed by atoms with Crippen molar-refractivity contribution in [2.45, 2.75) is 25.1 Å². The largest absolute Gasteiger partial charge is 0.365 e. The van der Waals surface area contributed by atoms with Gasteiger partial charge in [0, 0.05) is 21.4 Å². The molecule has 0 saturated carbocycles. The van der Waals surface area contributed by atoms with Crippen LogP contribution in [0.4, 0.5) is 21.9 Å². The fourth-order valence-electron chi connectivity index (χ4n) is 4.10. The molecule has 0 aromatic heterocycles. The molecule has 1 aliphatic rings. The highest BCUT2D eigenvalue weighted by Crippen LogP contribution is 2.46. The summed E-state index contributed by atoms with van der Waals surface area (Å²) < 4.78 is 0. The zero-order valence-corrected chi connectivity index (χ0v) is 18.2. The molecule has 0 aliphatic carbocycles. The minimum Gasteiger partial charge on any atom is -0.365 e. The second-order valence-corrected chi connectivity index (χ2v) is 8.13. The minimum absolute atomic E-state index is 0.382. The summed E-state index contributed by atoms with van der Waals surface area (Å²) >= 11 is 12.1. The molecule has 1 aliphatic heterocycles. The lowest BCUT2D eigenvalue weighted by atomic mass is 9.91. The van der Waals surface area contributed by atoms with E-state index in [1.54, 1.807) is 77.7 Å². The summed E-state index contributed by atoms with van der Waals surface area (Å²) in [5, 5.41) is 13.3. The molecule has 1 saturated heterocycles. The summed E-state index contributed by atoms with van der Waals surface area (Å²) in [6.07, 6.45) is 0.469. The van der Waals surface area contributed by atoms with Crippen LogP contribution in [-0.4, -0.2) is 17.2 Å². The Bertz CT molecular complexity index is 1160. The van der Waals surface area contributed by atoms with Crippen molar-refractivity contribution in [2.24, 2.45) is 0 Å². The lowest BCUT2D eigenvalue weighted by Crippen LogP contribution is -2.49. The van der Waals surface area contributed by atoms with Crippen LogP contribution in [0.1, 0.15) is 18.9 Å². The molecular formula is C24H19Cl2N3O2. The highest BCUT2D eigenvalue weighted by atomic mass is 35.5. The molecule has 5 nitrogen and oxygen atoms in total. The summed E-state index contributed by atoms with van der Waals surface area (Å²) in [7, 11) is 0. The predicted molar refractivity (Wildman–Crippen MR) is 124 cm³/mol. The van der Waals surface area contributed by atoms with Gasteiger partial charge in [0.15, 0.2) is 11.4 Å². The van der Waals surface area contributed by atoms with Gasteiger partial charge in [0.25, 0.3) is 0 Å². The van der Waals surface area contributed by atoms with Crippen LogP contribution in [0.25, 0.3) is 4.85 Å². The van der Waals surface area contributed by atoms with Gasteiger partial charge < -0.3 is 5.11 Å². The van der Waals surface area contributed by atoms with Crippen molar-refractivity contribution >= 4 is 46.3 Å². The molecular weight excluding hydrogens is 433 g/mol. The summed E-state index contributed by atoms with van der Waals surface area (Å²) in [6, 6.07) is 19.4. The number of halogens is 2. The zero-order chi connectivity index (χ0) is 22.2. The molecule has 3 aromatic rings. The van der Waals surface area contributed by atoms with E-state index < -0.39 is 11.8 Å². The Kier molecular flexibility index (Phi) is 5.63. The monoisotopic (exact) mass is 451 g/mol. The molecule has 4 rings (SSSR count). The second-order valence-electron chi connectivity index (χ2n) is 7.25. The molecule has 156 valence electrons. The maximum Gasteiger partial charge on any atom is 0.332 e. The SMILES string of the molecule is [C-]#[N+]c1cccc(C2(O)[C@@H](CC)N(c3ccc(Cl)cc3)C(=O)N2c2ccc(Cl)cc2)c1. The third kappa shape index (κ3) is 3.53. The van der Waals surface area contributed by atoms with E-state index in [-0.39, 0.29) is 6.03 Å². The molecule has 0 bridgehead atoms. The highest BCUT2D eigenvalue weighted by molar-refractivity contribution is 6.31. The van der Waals surface area contributed by atoms with E-state index in [4.69, 9.17) is 29.8 Å². The molecule has 3 aromatic carbocycles. The number of hydrogen-bond acceptors (Lipinski definition) is 2. The van der Waals surface area contributed by atoms with E-state index in [0.29, 0.717) is 39.1 Å². The Morgan fingerprint density at radius 3 is 2.13 bits per heavy atom. The van der Waals surface area contributed by atoms with Crippen LogP contribution in [0.5, 0.6) is 0 Å². The Hall–Kier alpha value is -3.04. The van der Waals surface area contributed by atoms with Gasteiger partial charge in [-0.3, -0.25) is 9.80 Å². The van der Waals surface area contributed by atoms with Gasteiger partial charge in [-0.25, -0.2) is 9.64 Å². The van der Waals surface area contributed by atoms with Gasteiger partial charge >= 0.3 is 6.03 Å². The van der Waals surface area contributed by atoms with Crippen LogP contribution < -0.4 is 9.80 Å². The van der Waals surface area contributed by atoms with Crippen LogP contribution in [-0.2, 0) is 5.72 Å². The van der Waals surface area contributed by atoms with E-state index in [1.807, 2.05) is 6.92 Å². The Morgan fingerprint density at radius 1 is 1.00 bits per heavy atom. The first kappa shape index (κ1) is 21.2. The van der Waals surface area contributed by atoms with Crippen LogP contribution in [0.3, 0.4) is 0 Å². The summed E-state index contributed by atoms with van der Waals surface area (Å²) in [5.41, 5.74) is 0.263. The van der Waals surface area contributed by atoms with Crippen LogP contribution >= 0.6 is 23.2 Å². The number of urea groups is 1. The number of hydrogen-bond donors (Lipinski definition) is 1. The van der Waals surface area contributed by atoms with Crippen molar-refractivity contribution in [2.75, 3.05) is 9.80 Å². The minimum atomic E-state index is -1.71. The maximum atomic E-state index is 13.8. The molecule has 1 N–H and O–H groups in total. The van der Waals surface area contributed by atoms with Crippen molar-refractivity contribution in [3.63, 3.8) is 0 Å². The molecule has 1 unspecified atom stereocenters. The third-order valence-electron chi connectivity index (χ3n) is 5.49. The third-order valence-corrected chi connectivity index (χ3v) is 5.99. The van der Waals surface area contributed by atoms with E-state index in [0.717, 1.165) is 0 Å². The normalized spacial score (nSPS) is 20.7.